The average molecular weight is 347 g/mol. The zero-order valence-electron chi connectivity index (χ0n) is 12.9. The molecule has 5 rings (SSSR count). The summed E-state index contributed by atoms with van der Waals surface area (Å²) in [6.07, 6.45) is 1.69. The Hall–Kier alpha value is -3.11. The molecular weight excluding hydrogens is 336 g/mol. The number of pyridine rings is 1. The summed E-state index contributed by atoms with van der Waals surface area (Å²) in [7, 11) is 0. The zero-order chi connectivity index (χ0) is 17.1. The van der Waals surface area contributed by atoms with Crippen LogP contribution in [0.3, 0.4) is 0 Å². The fraction of sp³-hybridized carbons (Fsp3) is 0. The Kier molecular flexibility index (Phi) is 2.82. The molecule has 4 nitrogen and oxygen atoms in total. The molecule has 0 N–H and O–H groups in total. The largest absolute Gasteiger partial charge is 0.307 e. The highest BCUT2D eigenvalue weighted by molar-refractivity contribution is 6.30. The molecule has 0 saturated carbocycles. The first-order valence-corrected chi connectivity index (χ1v) is 8.21. The van der Waals surface area contributed by atoms with Gasteiger partial charge >= 0.3 is 0 Å². The summed E-state index contributed by atoms with van der Waals surface area (Å²) in [5.74, 6) is -0.284. The lowest BCUT2D eigenvalue weighted by Gasteiger charge is -2.16. The first-order chi connectivity index (χ1) is 12.2. The van der Waals surface area contributed by atoms with Gasteiger partial charge in [0.25, 0.3) is 5.91 Å². The van der Waals surface area contributed by atoms with Crippen LogP contribution in [0.25, 0.3) is 28.0 Å². The molecule has 4 aromatic rings. The summed E-state index contributed by atoms with van der Waals surface area (Å²) >= 11 is 6.03. The molecule has 0 saturated heterocycles. The molecule has 5 heteroatoms. The van der Waals surface area contributed by atoms with E-state index >= 15 is 0 Å². The van der Waals surface area contributed by atoms with Gasteiger partial charge in [0.15, 0.2) is 0 Å². The molecule has 0 unspecified atom stereocenters. The van der Waals surface area contributed by atoms with E-state index in [1.165, 1.54) is 4.57 Å². The highest BCUT2D eigenvalue weighted by atomic mass is 35.5. The smallest absolute Gasteiger partial charge is 0.268 e. The predicted molar refractivity (Wildman–Crippen MR) is 97.7 cm³/mol. The summed E-state index contributed by atoms with van der Waals surface area (Å²) in [5, 5.41) is 1.15. The Morgan fingerprint density at radius 3 is 2.40 bits per heavy atom. The van der Waals surface area contributed by atoms with Crippen LogP contribution in [-0.4, -0.2) is 15.0 Å². The Labute approximate surface area is 147 Å². The quantitative estimate of drug-likeness (QED) is 0.458. The van der Waals surface area contributed by atoms with Gasteiger partial charge in [-0.2, -0.15) is 0 Å². The van der Waals surface area contributed by atoms with E-state index in [-0.39, 0.29) is 16.9 Å². The van der Waals surface area contributed by atoms with Crippen LogP contribution in [0, 0.1) is 0 Å². The second kappa shape index (κ2) is 4.94. The van der Waals surface area contributed by atoms with Crippen LogP contribution in [-0.2, 0) is 0 Å². The number of para-hydroxylation sites is 1. The Morgan fingerprint density at radius 2 is 1.60 bits per heavy atom. The van der Waals surface area contributed by atoms with Crippen molar-refractivity contribution in [1.82, 2.24) is 9.13 Å². The van der Waals surface area contributed by atoms with E-state index in [2.05, 4.69) is 0 Å². The van der Waals surface area contributed by atoms with Gasteiger partial charge in [-0.1, -0.05) is 23.7 Å². The predicted octanol–water partition coefficient (Wildman–Crippen LogP) is 4.11. The molecule has 120 valence electrons. The van der Waals surface area contributed by atoms with E-state index in [4.69, 9.17) is 11.6 Å². The molecule has 2 aromatic heterocycles. The lowest BCUT2D eigenvalue weighted by molar-refractivity contribution is 0.0968. The van der Waals surface area contributed by atoms with Gasteiger partial charge in [-0.25, -0.2) is 0 Å². The van der Waals surface area contributed by atoms with E-state index in [0.29, 0.717) is 16.1 Å². The molecule has 3 heterocycles. The number of carbonyl (C=O) groups is 1. The fourth-order valence-corrected chi connectivity index (χ4v) is 3.63. The summed E-state index contributed by atoms with van der Waals surface area (Å²) in [4.78, 5) is 25.7. The minimum absolute atomic E-state index is 0.212. The van der Waals surface area contributed by atoms with Gasteiger partial charge in [-0.15, -0.1) is 0 Å². The zero-order valence-corrected chi connectivity index (χ0v) is 13.7. The summed E-state index contributed by atoms with van der Waals surface area (Å²) in [5.41, 5.74) is 2.93. The van der Waals surface area contributed by atoms with Gasteiger partial charge < -0.3 is 4.57 Å². The molecule has 0 aliphatic carbocycles. The van der Waals surface area contributed by atoms with Crippen molar-refractivity contribution in [2.24, 2.45) is 0 Å². The molecule has 0 bridgehead atoms. The Balaban J connectivity index is 2.03. The monoisotopic (exact) mass is 346 g/mol. The minimum atomic E-state index is -0.284. The molecular formula is C20H11ClN2O2. The van der Waals surface area contributed by atoms with Gasteiger partial charge in [0.05, 0.1) is 16.9 Å². The molecule has 2 aromatic carbocycles. The van der Waals surface area contributed by atoms with Gasteiger partial charge in [-0.05, 0) is 48.5 Å². The van der Waals surface area contributed by atoms with Crippen LogP contribution >= 0.6 is 11.6 Å². The normalized spacial score (nSPS) is 12.4. The van der Waals surface area contributed by atoms with Crippen molar-refractivity contribution in [3.05, 3.63) is 87.7 Å². The maximum absolute atomic E-state index is 13.0. The lowest BCUT2D eigenvalue weighted by Crippen LogP contribution is -2.19. The van der Waals surface area contributed by atoms with Gasteiger partial charge in [-0.3, -0.25) is 14.2 Å². The van der Waals surface area contributed by atoms with Gasteiger partial charge in [0.2, 0.25) is 5.43 Å². The van der Waals surface area contributed by atoms with E-state index < -0.39 is 0 Å². The first kappa shape index (κ1) is 14.3. The highest BCUT2D eigenvalue weighted by Gasteiger charge is 2.33. The van der Waals surface area contributed by atoms with Crippen molar-refractivity contribution >= 4 is 28.4 Å². The van der Waals surface area contributed by atoms with Crippen molar-refractivity contribution in [3.8, 4) is 17.1 Å². The topological polar surface area (TPSA) is 44.0 Å². The van der Waals surface area contributed by atoms with Gasteiger partial charge in [0.1, 0.15) is 5.56 Å². The van der Waals surface area contributed by atoms with E-state index in [9.17, 15) is 9.59 Å². The summed E-state index contributed by atoms with van der Waals surface area (Å²) in [6, 6.07) is 18.4. The van der Waals surface area contributed by atoms with Crippen LogP contribution in [0.5, 0.6) is 0 Å². The van der Waals surface area contributed by atoms with Crippen molar-refractivity contribution in [2.75, 3.05) is 0 Å². The number of aromatic nitrogens is 2. The number of rotatable bonds is 1. The number of nitrogens with zero attached hydrogens (tertiary/aromatic N) is 2. The number of hydrogen-bond acceptors (Lipinski definition) is 2. The van der Waals surface area contributed by atoms with Crippen molar-refractivity contribution in [3.63, 3.8) is 0 Å². The number of fused-ring (bicyclic) bond motifs is 4. The van der Waals surface area contributed by atoms with Crippen LogP contribution < -0.4 is 5.43 Å². The summed E-state index contributed by atoms with van der Waals surface area (Å²) in [6.45, 7) is 0. The maximum Gasteiger partial charge on any atom is 0.268 e. The third-order valence-electron chi connectivity index (χ3n) is 4.59. The number of halogens is 1. The van der Waals surface area contributed by atoms with E-state index in [1.807, 2.05) is 47.0 Å². The van der Waals surface area contributed by atoms with E-state index in [1.54, 1.807) is 24.4 Å². The molecule has 0 fully saturated rings. The van der Waals surface area contributed by atoms with Crippen LogP contribution in [0.1, 0.15) is 10.4 Å². The van der Waals surface area contributed by atoms with Crippen LogP contribution in [0.15, 0.2) is 71.7 Å². The standard InChI is InChI=1S/C20H11ClN2O2/c21-12-7-9-13(10-8-12)23-15-5-2-1-4-14(15)19(24)17-18(23)16-6-3-11-22(16)20(17)25/h1-11H. The molecule has 1 aliphatic heterocycles. The van der Waals surface area contributed by atoms with Crippen molar-refractivity contribution in [1.29, 1.82) is 0 Å². The molecule has 0 amide bonds. The number of benzene rings is 2. The minimum Gasteiger partial charge on any atom is -0.307 e. The SMILES string of the molecule is O=C1c2c(n(-c3ccc(Cl)cc3)c3ccccc3c2=O)-c2cccn21. The molecule has 0 atom stereocenters. The summed E-state index contributed by atoms with van der Waals surface area (Å²) < 4.78 is 3.48. The second-order valence-electron chi connectivity index (χ2n) is 5.95. The Morgan fingerprint density at radius 1 is 0.840 bits per heavy atom. The maximum atomic E-state index is 13.0. The second-order valence-corrected chi connectivity index (χ2v) is 6.39. The average Bonchev–Trinajstić information content (AvgIpc) is 3.20. The highest BCUT2D eigenvalue weighted by Crippen LogP contribution is 2.35. The van der Waals surface area contributed by atoms with Crippen molar-refractivity contribution in [2.45, 2.75) is 0 Å². The third kappa shape index (κ3) is 1.83. The van der Waals surface area contributed by atoms with Crippen LogP contribution in [0.4, 0.5) is 0 Å². The third-order valence-corrected chi connectivity index (χ3v) is 4.84. The van der Waals surface area contributed by atoms with Gasteiger partial charge in [0, 0.05) is 22.3 Å². The first-order valence-electron chi connectivity index (χ1n) is 7.83. The lowest BCUT2D eigenvalue weighted by atomic mass is 10.1. The fourth-order valence-electron chi connectivity index (χ4n) is 3.51. The Bertz CT molecular complexity index is 1230. The number of carbonyl (C=O) groups excluding carboxylic acids is 1. The molecule has 0 radical (unpaired) electrons. The molecule has 25 heavy (non-hydrogen) atoms. The molecule has 1 aliphatic rings. The number of hydrogen-bond donors (Lipinski definition) is 0. The van der Waals surface area contributed by atoms with E-state index in [0.717, 1.165) is 16.9 Å². The molecule has 0 spiro atoms. The van der Waals surface area contributed by atoms with Crippen LogP contribution in [0.2, 0.25) is 5.02 Å². The van der Waals surface area contributed by atoms with Crippen molar-refractivity contribution < 1.29 is 4.79 Å².